The number of amides is 1. The highest BCUT2D eigenvalue weighted by molar-refractivity contribution is 7.89. The maximum Gasteiger partial charge on any atom is 0.227 e. The lowest BCUT2D eigenvalue weighted by Gasteiger charge is -2.31. The SMILES string of the molecule is CCS(=O)(=O)N1CCC(NC(=O)CC(C)=O)CC1. The predicted molar refractivity (Wildman–Crippen MR) is 67.5 cm³/mol. The van der Waals surface area contributed by atoms with Gasteiger partial charge in [0, 0.05) is 19.1 Å². The van der Waals surface area contributed by atoms with Gasteiger partial charge in [0.2, 0.25) is 15.9 Å². The molecule has 0 unspecified atom stereocenters. The Morgan fingerprint density at radius 2 is 1.83 bits per heavy atom. The van der Waals surface area contributed by atoms with Crippen LogP contribution >= 0.6 is 0 Å². The number of rotatable bonds is 5. The highest BCUT2D eigenvalue weighted by atomic mass is 32.2. The molecular weight excluding hydrogens is 256 g/mol. The molecule has 1 amide bonds. The van der Waals surface area contributed by atoms with Crippen LogP contribution in [0, 0.1) is 0 Å². The van der Waals surface area contributed by atoms with E-state index in [-0.39, 0.29) is 29.9 Å². The van der Waals surface area contributed by atoms with Gasteiger partial charge in [-0.2, -0.15) is 0 Å². The van der Waals surface area contributed by atoms with Crippen LogP contribution in [0.25, 0.3) is 0 Å². The van der Waals surface area contributed by atoms with Crippen molar-refractivity contribution in [2.45, 2.75) is 39.2 Å². The molecule has 0 aromatic heterocycles. The molecule has 0 saturated carbocycles. The Morgan fingerprint density at radius 1 is 1.28 bits per heavy atom. The first kappa shape index (κ1) is 15.1. The highest BCUT2D eigenvalue weighted by Crippen LogP contribution is 2.14. The second kappa shape index (κ2) is 6.29. The number of carbonyl (C=O) groups excluding carboxylic acids is 2. The summed E-state index contributed by atoms with van der Waals surface area (Å²) in [6.07, 6.45) is 1.10. The van der Waals surface area contributed by atoms with E-state index in [0.717, 1.165) is 0 Å². The van der Waals surface area contributed by atoms with Crippen LogP contribution in [0.15, 0.2) is 0 Å². The van der Waals surface area contributed by atoms with Crippen LogP contribution in [0.5, 0.6) is 0 Å². The highest BCUT2D eigenvalue weighted by Gasteiger charge is 2.27. The van der Waals surface area contributed by atoms with E-state index in [2.05, 4.69) is 5.32 Å². The number of piperidine rings is 1. The second-order valence-electron chi connectivity index (χ2n) is 4.52. The maximum absolute atomic E-state index is 11.6. The summed E-state index contributed by atoms with van der Waals surface area (Å²) in [5, 5.41) is 2.76. The smallest absolute Gasteiger partial charge is 0.227 e. The lowest BCUT2D eigenvalue weighted by molar-refractivity contribution is -0.127. The van der Waals surface area contributed by atoms with E-state index in [9.17, 15) is 18.0 Å². The zero-order valence-corrected chi connectivity index (χ0v) is 11.6. The van der Waals surface area contributed by atoms with E-state index in [1.165, 1.54) is 11.2 Å². The fraction of sp³-hybridized carbons (Fsp3) is 0.818. The van der Waals surface area contributed by atoms with Crippen molar-refractivity contribution in [3.8, 4) is 0 Å². The minimum atomic E-state index is -3.13. The molecule has 104 valence electrons. The molecule has 0 radical (unpaired) electrons. The van der Waals surface area contributed by atoms with E-state index in [1.54, 1.807) is 6.92 Å². The maximum atomic E-state index is 11.6. The number of hydrogen-bond donors (Lipinski definition) is 1. The average molecular weight is 276 g/mol. The fourth-order valence-electron chi connectivity index (χ4n) is 1.97. The Kier molecular flexibility index (Phi) is 5.28. The molecule has 0 spiro atoms. The molecule has 1 N–H and O–H groups in total. The molecule has 1 aliphatic rings. The van der Waals surface area contributed by atoms with Crippen LogP contribution in [0.4, 0.5) is 0 Å². The zero-order chi connectivity index (χ0) is 13.8. The van der Waals surface area contributed by atoms with E-state index in [0.29, 0.717) is 25.9 Å². The summed E-state index contributed by atoms with van der Waals surface area (Å²) in [7, 11) is -3.13. The molecule has 6 nitrogen and oxygen atoms in total. The van der Waals surface area contributed by atoms with Gasteiger partial charge in [-0.25, -0.2) is 12.7 Å². The summed E-state index contributed by atoms with van der Waals surface area (Å²) in [4.78, 5) is 22.2. The molecule has 0 bridgehead atoms. The molecule has 1 rings (SSSR count). The Morgan fingerprint density at radius 3 is 2.28 bits per heavy atom. The fourth-order valence-corrected chi connectivity index (χ4v) is 3.10. The Balaban J connectivity index is 2.40. The van der Waals surface area contributed by atoms with Crippen LogP contribution in [-0.4, -0.2) is 49.3 Å². The second-order valence-corrected chi connectivity index (χ2v) is 6.78. The summed E-state index contributed by atoms with van der Waals surface area (Å²) >= 11 is 0. The molecule has 0 aromatic rings. The van der Waals surface area contributed by atoms with Crippen molar-refractivity contribution in [2.24, 2.45) is 0 Å². The van der Waals surface area contributed by atoms with Crippen LogP contribution < -0.4 is 5.32 Å². The molecule has 0 aromatic carbocycles. The van der Waals surface area contributed by atoms with Gasteiger partial charge in [-0.05, 0) is 26.7 Å². The first-order valence-electron chi connectivity index (χ1n) is 6.11. The molecule has 0 atom stereocenters. The Labute approximate surface area is 108 Å². The first-order chi connectivity index (χ1) is 8.35. The summed E-state index contributed by atoms with van der Waals surface area (Å²) in [6.45, 7) is 3.86. The molecule has 1 fully saturated rings. The number of nitrogens with zero attached hydrogens (tertiary/aromatic N) is 1. The quantitative estimate of drug-likeness (QED) is 0.711. The monoisotopic (exact) mass is 276 g/mol. The standard InChI is InChI=1S/C11H20N2O4S/c1-3-18(16,17)13-6-4-10(5-7-13)12-11(15)8-9(2)14/h10H,3-8H2,1-2H3,(H,12,15). The molecule has 1 aliphatic heterocycles. The molecule has 1 saturated heterocycles. The molecule has 1 heterocycles. The first-order valence-corrected chi connectivity index (χ1v) is 7.72. The van der Waals surface area contributed by atoms with E-state index < -0.39 is 10.0 Å². The van der Waals surface area contributed by atoms with Crippen molar-refractivity contribution in [3.63, 3.8) is 0 Å². The average Bonchev–Trinajstić information content (AvgIpc) is 2.28. The number of sulfonamides is 1. The van der Waals surface area contributed by atoms with Crippen molar-refractivity contribution in [1.82, 2.24) is 9.62 Å². The number of ketones is 1. The van der Waals surface area contributed by atoms with Crippen molar-refractivity contribution in [1.29, 1.82) is 0 Å². The number of nitrogens with one attached hydrogen (secondary N) is 1. The van der Waals surface area contributed by atoms with Gasteiger partial charge in [0.25, 0.3) is 0 Å². The minimum absolute atomic E-state index is 0.0276. The third-order valence-electron chi connectivity index (χ3n) is 2.99. The van der Waals surface area contributed by atoms with E-state index >= 15 is 0 Å². The summed E-state index contributed by atoms with van der Waals surface area (Å²) in [6, 6.07) is -0.0276. The van der Waals surface area contributed by atoms with Gasteiger partial charge < -0.3 is 5.32 Å². The van der Waals surface area contributed by atoms with Gasteiger partial charge in [0.1, 0.15) is 5.78 Å². The minimum Gasteiger partial charge on any atom is -0.353 e. The van der Waals surface area contributed by atoms with Gasteiger partial charge in [0.05, 0.1) is 12.2 Å². The van der Waals surface area contributed by atoms with Gasteiger partial charge in [-0.3, -0.25) is 9.59 Å². The normalized spacial score (nSPS) is 18.6. The Hall–Kier alpha value is -0.950. The summed E-state index contributed by atoms with van der Waals surface area (Å²) < 4.78 is 24.7. The number of carbonyl (C=O) groups is 2. The van der Waals surface area contributed by atoms with Crippen molar-refractivity contribution in [2.75, 3.05) is 18.8 Å². The lowest BCUT2D eigenvalue weighted by Crippen LogP contribution is -2.47. The third kappa shape index (κ3) is 4.38. The van der Waals surface area contributed by atoms with Crippen LogP contribution in [0.3, 0.4) is 0 Å². The van der Waals surface area contributed by atoms with Crippen LogP contribution in [-0.2, 0) is 19.6 Å². The number of hydrogen-bond acceptors (Lipinski definition) is 4. The molecular formula is C11H20N2O4S. The van der Waals surface area contributed by atoms with Crippen molar-refractivity contribution < 1.29 is 18.0 Å². The molecule has 0 aliphatic carbocycles. The zero-order valence-electron chi connectivity index (χ0n) is 10.8. The topological polar surface area (TPSA) is 83.6 Å². The Bertz CT molecular complexity index is 411. The molecule has 18 heavy (non-hydrogen) atoms. The predicted octanol–water partition coefficient (Wildman–Crippen LogP) is -0.104. The van der Waals surface area contributed by atoms with E-state index in [1.807, 2.05) is 0 Å². The van der Waals surface area contributed by atoms with Crippen LogP contribution in [0.1, 0.15) is 33.1 Å². The van der Waals surface area contributed by atoms with Gasteiger partial charge >= 0.3 is 0 Å². The summed E-state index contributed by atoms with van der Waals surface area (Å²) in [5.74, 6) is -0.341. The van der Waals surface area contributed by atoms with Crippen molar-refractivity contribution >= 4 is 21.7 Å². The summed E-state index contributed by atoms with van der Waals surface area (Å²) in [5.41, 5.74) is 0. The largest absolute Gasteiger partial charge is 0.353 e. The van der Waals surface area contributed by atoms with E-state index in [4.69, 9.17) is 0 Å². The van der Waals surface area contributed by atoms with Crippen molar-refractivity contribution in [3.05, 3.63) is 0 Å². The lowest BCUT2D eigenvalue weighted by atomic mass is 10.1. The third-order valence-corrected chi connectivity index (χ3v) is 4.87. The molecule has 7 heteroatoms. The van der Waals surface area contributed by atoms with Gasteiger partial charge in [0.15, 0.2) is 0 Å². The number of Topliss-reactive ketones (excluding diaryl/α,β-unsaturated/α-hetero) is 1. The van der Waals surface area contributed by atoms with Gasteiger partial charge in [-0.15, -0.1) is 0 Å². The van der Waals surface area contributed by atoms with Gasteiger partial charge in [-0.1, -0.05) is 0 Å². The van der Waals surface area contributed by atoms with Crippen LogP contribution in [0.2, 0.25) is 0 Å².